The highest BCUT2D eigenvalue weighted by molar-refractivity contribution is 5.79. The zero-order valence-electron chi connectivity index (χ0n) is 12.5. The number of rotatable bonds is 6. The Morgan fingerprint density at radius 3 is 2.50 bits per heavy atom. The maximum atomic E-state index is 12.1. The van der Waals surface area contributed by atoms with Gasteiger partial charge in [0, 0.05) is 31.6 Å². The molecule has 20 heavy (non-hydrogen) atoms. The Morgan fingerprint density at radius 1 is 1.30 bits per heavy atom. The van der Waals surface area contributed by atoms with E-state index in [1.807, 2.05) is 0 Å². The number of aliphatic carboxylic acids is 1. The molecule has 0 bridgehead atoms. The second-order valence-electron chi connectivity index (χ2n) is 6.55. The molecule has 5 nitrogen and oxygen atoms in total. The van der Waals surface area contributed by atoms with Gasteiger partial charge in [-0.15, -0.1) is 0 Å². The average Bonchev–Trinajstić information content (AvgIpc) is 2.67. The van der Waals surface area contributed by atoms with Crippen molar-refractivity contribution >= 4 is 11.9 Å². The average molecular weight is 282 g/mol. The van der Waals surface area contributed by atoms with Crippen LogP contribution in [0.25, 0.3) is 0 Å². The maximum absolute atomic E-state index is 12.1. The first-order chi connectivity index (χ1) is 9.47. The summed E-state index contributed by atoms with van der Waals surface area (Å²) in [6.45, 7) is 6.60. The molecule has 0 aromatic carbocycles. The summed E-state index contributed by atoms with van der Waals surface area (Å²) in [6, 6.07) is 0.178. The minimum Gasteiger partial charge on any atom is -0.481 e. The van der Waals surface area contributed by atoms with Gasteiger partial charge in [0.15, 0.2) is 0 Å². The summed E-state index contributed by atoms with van der Waals surface area (Å²) >= 11 is 0. The highest BCUT2D eigenvalue weighted by atomic mass is 16.4. The van der Waals surface area contributed by atoms with E-state index in [0.717, 1.165) is 25.9 Å². The third-order valence-electron chi connectivity index (χ3n) is 4.74. The van der Waals surface area contributed by atoms with Crippen molar-refractivity contribution in [2.24, 2.45) is 17.8 Å². The molecule has 0 radical (unpaired) electrons. The molecule has 2 N–H and O–H groups in total. The van der Waals surface area contributed by atoms with E-state index in [1.165, 1.54) is 6.42 Å². The summed E-state index contributed by atoms with van der Waals surface area (Å²) in [6.07, 6.45) is 3.39. The first-order valence-corrected chi connectivity index (χ1v) is 7.72. The van der Waals surface area contributed by atoms with Crippen molar-refractivity contribution in [3.05, 3.63) is 0 Å². The number of hydrogen-bond donors (Lipinski definition) is 2. The molecule has 2 rings (SSSR count). The lowest BCUT2D eigenvalue weighted by Gasteiger charge is -2.29. The normalized spacial score (nSPS) is 27.6. The molecule has 1 aliphatic carbocycles. The lowest BCUT2D eigenvalue weighted by atomic mass is 9.84. The fraction of sp³-hybridized carbons (Fsp3) is 0.867. The first-order valence-electron chi connectivity index (χ1n) is 7.72. The third kappa shape index (κ3) is 3.72. The van der Waals surface area contributed by atoms with E-state index in [-0.39, 0.29) is 24.3 Å². The quantitative estimate of drug-likeness (QED) is 0.771. The van der Waals surface area contributed by atoms with Crippen molar-refractivity contribution < 1.29 is 14.7 Å². The fourth-order valence-corrected chi connectivity index (χ4v) is 3.15. The van der Waals surface area contributed by atoms with Crippen molar-refractivity contribution in [2.75, 3.05) is 19.6 Å². The molecule has 1 heterocycles. The van der Waals surface area contributed by atoms with Gasteiger partial charge in [0.1, 0.15) is 0 Å². The number of carboxylic acids is 1. The molecule has 2 atom stereocenters. The third-order valence-corrected chi connectivity index (χ3v) is 4.74. The van der Waals surface area contributed by atoms with Gasteiger partial charge in [0.2, 0.25) is 5.91 Å². The van der Waals surface area contributed by atoms with Crippen LogP contribution in [0.5, 0.6) is 0 Å². The van der Waals surface area contributed by atoms with Crippen LogP contribution in [0.1, 0.15) is 39.5 Å². The zero-order chi connectivity index (χ0) is 14.7. The van der Waals surface area contributed by atoms with Crippen molar-refractivity contribution in [1.82, 2.24) is 10.2 Å². The van der Waals surface area contributed by atoms with Crippen LogP contribution in [0.15, 0.2) is 0 Å². The van der Waals surface area contributed by atoms with Gasteiger partial charge in [-0.2, -0.15) is 0 Å². The van der Waals surface area contributed by atoms with Gasteiger partial charge >= 0.3 is 5.97 Å². The van der Waals surface area contributed by atoms with E-state index in [4.69, 9.17) is 5.11 Å². The number of hydrogen-bond acceptors (Lipinski definition) is 3. The SMILES string of the molecule is CC(C)[C@H]1CN(CCC(=O)O)C[C@@H]1NC(=O)C1CCC1. The molecule has 5 heteroatoms. The van der Waals surface area contributed by atoms with E-state index in [9.17, 15) is 9.59 Å². The van der Waals surface area contributed by atoms with Gasteiger partial charge in [-0.1, -0.05) is 20.3 Å². The zero-order valence-corrected chi connectivity index (χ0v) is 12.5. The Balaban J connectivity index is 1.87. The van der Waals surface area contributed by atoms with Crippen LogP contribution >= 0.6 is 0 Å². The lowest BCUT2D eigenvalue weighted by molar-refractivity contribution is -0.137. The maximum Gasteiger partial charge on any atom is 0.304 e. The smallest absolute Gasteiger partial charge is 0.304 e. The van der Waals surface area contributed by atoms with Crippen LogP contribution in [0, 0.1) is 17.8 Å². The predicted molar refractivity (Wildman–Crippen MR) is 76.3 cm³/mol. The van der Waals surface area contributed by atoms with Gasteiger partial charge in [-0.05, 0) is 24.7 Å². The van der Waals surface area contributed by atoms with Crippen molar-refractivity contribution in [3.8, 4) is 0 Å². The first kappa shape index (κ1) is 15.3. The van der Waals surface area contributed by atoms with Crippen LogP contribution in [0.4, 0.5) is 0 Å². The van der Waals surface area contributed by atoms with E-state index in [1.54, 1.807) is 0 Å². The molecule has 1 aliphatic heterocycles. The van der Waals surface area contributed by atoms with Gasteiger partial charge in [0.25, 0.3) is 0 Å². The Morgan fingerprint density at radius 2 is 2.00 bits per heavy atom. The van der Waals surface area contributed by atoms with E-state index < -0.39 is 5.97 Å². The number of carbonyl (C=O) groups is 2. The fourth-order valence-electron chi connectivity index (χ4n) is 3.15. The molecule has 0 aromatic rings. The number of likely N-dealkylation sites (tertiary alicyclic amines) is 1. The van der Waals surface area contributed by atoms with Crippen LogP contribution < -0.4 is 5.32 Å². The Kier molecular flexibility index (Phi) is 5.02. The summed E-state index contributed by atoms with van der Waals surface area (Å²) in [4.78, 5) is 24.9. The van der Waals surface area contributed by atoms with Gasteiger partial charge < -0.3 is 15.3 Å². The Bertz CT molecular complexity index is 366. The molecule has 0 aromatic heterocycles. The Labute approximate surface area is 120 Å². The molecule has 1 saturated carbocycles. The molecule has 114 valence electrons. The summed E-state index contributed by atoms with van der Waals surface area (Å²) in [5, 5.41) is 12.0. The molecule has 1 amide bonds. The Hall–Kier alpha value is -1.10. The molecule has 0 spiro atoms. The number of carbonyl (C=O) groups excluding carboxylic acids is 1. The summed E-state index contributed by atoms with van der Waals surface area (Å²) in [7, 11) is 0. The largest absolute Gasteiger partial charge is 0.481 e. The van der Waals surface area contributed by atoms with Crippen LogP contribution in [0.2, 0.25) is 0 Å². The minimum absolute atomic E-state index is 0.175. The van der Waals surface area contributed by atoms with Gasteiger partial charge in [-0.25, -0.2) is 0 Å². The summed E-state index contributed by atoms with van der Waals surface area (Å²) < 4.78 is 0. The molecule has 2 aliphatic rings. The standard InChI is InChI=1S/C15H26N2O3/c1-10(2)12-8-17(7-6-14(18)19)9-13(12)16-15(20)11-4-3-5-11/h10-13H,3-9H2,1-2H3,(H,16,20)(H,18,19)/t12-,13+/m1/s1. The lowest BCUT2D eigenvalue weighted by Crippen LogP contribution is -2.46. The number of carboxylic acid groups (broad SMARTS) is 1. The molecular formula is C15H26N2O3. The predicted octanol–water partition coefficient (Wildman–Crippen LogP) is 1.33. The topological polar surface area (TPSA) is 69.6 Å². The molecular weight excluding hydrogens is 256 g/mol. The molecule has 0 unspecified atom stereocenters. The summed E-state index contributed by atoms with van der Waals surface area (Å²) in [5.74, 6) is 0.584. The van der Waals surface area contributed by atoms with Crippen molar-refractivity contribution in [3.63, 3.8) is 0 Å². The molecule has 2 fully saturated rings. The highest BCUT2D eigenvalue weighted by Gasteiger charge is 2.37. The van der Waals surface area contributed by atoms with Gasteiger partial charge in [0.05, 0.1) is 6.42 Å². The highest BCUT2D eigenvalue weighted by Crippen LogP contribution is 2.29. The second-order valence-corrected chi connectivity index (χ2v) is 6.55. The van der Waals surface area contributed by atoms with Gasteiger partial charge in [-0.3, -0.25) is 9.59 Å². The number of amides is 1. The van der Waals surface area contributed by atoms with Crippen molar-refractivity contribution in [2.45, 2.75) is 45.6 Å². The van der Waals surface area contributed by atoms with Crippen molar-refractivity contribution in [1.29, 1.82) is 0 Å². The van der Waals surface area contributed by atoms with E-state index in [0.29, 0.717) is 18.4 Å². The number of nitrogens with zero attached hydrogens (tertiary/aromatic N) is 1. The monoisotopic (exact) mass is 282 g/mol. The number of nitrogens with one attached hydrogen (secondary N) is 1. The van der Waals surface area contributed by atoms with E-state index in [2.05, 4.69) is 24.1 Å². The summed E-state index contributed by atoms with van der Waals surface area (Å²) in [5.41, 5.74) is 0. The van der Waals surface area contributed by atoms with Crippen LogP contribution in [-0.4, -0.2) is 47.6 Å². The second kappa shape index (κ2) is 6.57. The van der Waals surface area contributed by atoms with E-state index >= 15 is 0 Å². The van der Waals surface area contributed by atoms with Crippen LogP contribution in [-0.2, 0) is 9.59 Å². The minimum atomic E-state index is -0.756. The van der Waals surface area contributed by atoms with Crippen LogP contribution in [0.3, 0.4) is 0 Å². The molecule has 1 saturated heterocycles.